The molecule has 3 unspecified atom stereocenters. The zero-order chi connectivity index (χ0) is 15.0. The molecule has 0 aliphatic heterocycles. The molecule has 0 heterocycles. The average Bonchev–Trinajstić information content (AvgIpc) is 2.45. The van der Waals surface area contributed by atoms with Crippen molar-refractivity contribution in [1.29, 1.82) is 0 Å². The number of hydrogen-bond donors (Lipinski definition) is 2. The smallest absolute Gasteiger partial charge is 0.338 e. The van der Waals surface area contributed by atoms with E-state index in [2.05, 4.69) is 6.92 Å². The van der Waals surface area contributed by atoms with Gasteiger partial charge < -0.3 is 14.9 Å². The van der Waals surface area contributed by atoms with E-state index in [1.165, 1.54) is 0 Å². The molecule has 0 aliphatic carbocycles. The Kier molecular flexibility index (Phi) is 7.26. The second kappa shape index (κ2) is 8.72. The maximum absolute atomic E-state index is 11.8. The van der Waals surface area contributed by atoms with Crippen LogP contribution >= 0.6 is 0 Å². The zero-order valence-electron chi connectivity index (χ0n) is 12.2. The van der Waals surface area contributed by atoms with Crippen molar-refractivity contribution in [2.45, 2.75) is 45.3 Å². The third-order valence-corrected chi connectivity index (χ3v) is 3.40. The molecule has 2 N–H and O–H groups in total. The maximum atomic E-state index is 11.8. The zero-order valence-corrected chi connectivity index (χ0v) is 12.2. The van der Waals surface area contributed by atoms with E-state index in [1.54, 1.807) is 31.2 Å². The molecule has 0 amide bonds. The topological polar surface area (TPSA) is 66.8 Å². The summed E-state index contributed by atoms with van der Waals surface area (Å²) in [6.45, 7) is 3.62. The van der Waals surface area contributed by atoms with Crippen LogP contribution in [0.1, 0.15) is 43.5 Å². The van der Waals surface area contributed by atoms with Crippen LogP contribution in [0, 0.1) is 5.92 Å². The molecule has 3 atom stereocenters. The van der Waals surface area contributed by atoms with E-state index >= 15 is 0 Å². The van der Waals surface area contributed by atoms with Gasteiger partial charge in [-0.05, 0) is 25.5 Å². The number of ether oxygens (including phenoxy) is 1. The van der Waals surface area contributed by atoms with Gasteiger partial charge in [0.15, 0.2) is 0 Å². The predicted octanol–water partition coefficient (Wildman–Crippen LogP) is 2.39. The molecule has 20 heavy (non-hydrogen) atoms. The summed E-state index contributed by atoms with van der Waals surface area (Å²) >= 11 is 0. The van der Waals surface area contributed by atoms with Crippen LogP contribution < -0.4 is 0 Å². The summed E-state index contributed by atoms with van der Waals surface area (Å²) in [5.74, 6) is -0.719. The molecule has 0 radical (unpaired) electrons. The lowest BCUT2D eigenvalue weighted by Gasteiger charge is -2.25. The minimum atomic E-state index is -0.839. The van der Waals surface area contributed by atoms with Crippen LogP contribution in [0.5, 0.6) is 0 Å². The number of esters is 1. The van der Waals surface area contributed by atoms with E-state index in [9.17, 15) is 15.0 Å². The van der Waals surface area contributed by atoms with Gasteiger partial charge in [0.1, 0.15) is 6.61 Å². The SMILES string of the molecule is CCCCC(C(C)O)C(O)COC(=O)c1ccccc1. The molecule has 0 saturated heterocycles. The van der Waals surface area contributed by atoms with Crippen molar-refractivity contribution in [3.05, 3.63) is 35.9 Å². The number of carbonyl (C=O) groups is 1. The fourth-order valence-corrected chi connectivity index (χ4v) is 2.14. The minimum Gasteiger partial charge on any atom is -0.459 e. The molecule has 4 heteroatoms. The third kappa shape index (κ3) is 5.31. The lowest BCUT2D eigenvalue weighted by Crippen LogP contribution is -2.34. The van der Waals surface area contributed by atoms with Crippen molar-refractivity contribution in [3.63, 3.8) is 0 Å². The Labute approximate surface area is 120 Å². The molecule has 0 bridgehead atoms. The summed E-state index contributed by atoms with van der Waals surface area (Å²) < 4.78 is 5.10. The molecule has 0 fully saturated rings. The Bertz CT molecular complexity index is 389. The maximum Gasteiger partial charge on any atom is 0.338 e. The standard InChI is InChI=1S/C16H24O4/c1-3-4-10-14(12(2)17)15(18)11-20-16(19)13-8-6-5-7-9-13/h5-9,12,14-15,17-18H,3-4,10-11H2,1-2H3. The largest absolute Gasteiger partial charge is 0.459 e. The number of aliphatic hydroxyl groups is 2. The first-order valence-electron chi connectivity index (χ1n) is 7.14. The Morgan fingerprint density at radius 1 is 1.25 bits per heavy atom. The Morgan fingerprint density at radius 2 is 1.90 bits per heavy atom. The van der Waals surface area contributed by atoms with Crippen molar-refractivity contribution in [1.82, 2.24) is 0 Å². The molecular weight excluding hydrogens is 256 g/mol. The number of hydrogen-bond acceptors (Lipinski definition) is 4. The number of carbonyl (C=O) groups excluding carboxylic acids is 1. The molecular formula is C16H24O4. The van der Waals surface area contributed by atoms with Crippen molar-refractivity contribution in [2.75, 3.05) is 6.61 Å². The number of rotatable bonds is 8. The van der Waals surface area contributed by atoms with Crippen LogP contribution in [0.3, 0.4) is 0 Å². The highest BCUT2D eigenvalue weighted by molar-refractivity contribution is 5.89. The van der Waals surface area contributed by atoms with E-state index in [0.717, 1.165) is 19.3 Å². The molecule has 1 rings (SSSR count). The summed E-state index contributed by atoms with van der Waals surface area (Å²) in [6, 6.07) is 8.66. The number of unbranched alkanes of at least 4 members (excludes halogenated alkanes) is 1. The molecule has 4 nitrogen and oxygen atoms in total. The molecule has 1 aromatic rings. The van der Waals surface area contributed by atoms with Gasteiger partial charge in [-0.15, -0.1) is 0 Å². The average molecular weight is 280 g/mol. The van der Waals surface area contributed by atoms with Crippen LogP contribution in [0.15, 0.2) is 30.3 Å². The highest BCUT2D eigenvalue weighted by atomic mass is 16.5. The van der Waals surface area contributed by atoms with Crippen LogP contribution in [0.2, 0.25) is 0 Å². The number of aliphatic hydroxyl groups excluding tert-OH is 2. The molecule has 0 saturated carbocycles. The van der Waals surface area contributed by atoms with Gasteiger partial charge in [-0.1, -0.05) is 38.0 Å². The lowest BCUT2D eigenvalue weighted by atomic mass is 9.91. The van der Waals surface area contributed by atoms with Gasteiger partial charge >= 0.3 is 5.97 Å². The van der Waals surface area contributed by atoms with E-state index in [1.807, 2.05) is 6.07 Å². The summed E-state index contributed by atoms with van der Waals surface area (Å²) in [6.07, 6.45) is 1.19. The molecule has 112 valence electrons. The minimum absolute atomic E-state index is 0.0903. The van der Waals surface area contributed by atoms with Crippen molar-refractivity contribution >= 4 is 5.97 Å². The first-order valence-corrected chi connectivity index (χ1v) is 7.14. The highest BCUT2D eigenvalue weighted by Crippen LogP contribution is 2.18. The van der Waals surface area contributed by atoms with Crippen LogP contribution in [0.4, 0.5) is 0 Å². The van der Waals surface area contributed by atoms with Crippen molar-refractivity contribution in [3.8, 4) is 0 Å². The van der Waals surface area contributed by atoms with E-state index < -0.39 is 18.2 Å². The fourth-order valence-electron chi connectivity index (χ4n) is 2.14. The van der Waals surface area contributed by atoms with Crippen LogP contribution in [-0.2, 0) is 4.74 Å². The summed E-state index contributed by atoms with van der Waals surface area (Å²) in [4.78, 5) is 11.8. The van der Waals surface area contributed by atoms with Crippen molar-refractivity contribution < 1.29 is 19.7 Å². The van der Waals surface area contributed by atoms with E-state index in [-0.39, 0.29) is 12.5 Å². The van der Waals surface area contributed by atoms with E-state index in [0.29, 0.717) is 5.56 Å². The monoisotopic (exact) mass is 280 g/mol. The van der Waals surface area contributed by atoms with Gasteiger partial charge in [0.2, 0.25) is 0 Å². The van der Waals surface area contributed by atoms with Gasteiger partial charge in [-0.25, -0.2) is 4.79 Å². The second-order valence-electron chi connectivity index (χ2n) is 5.08. The highest BCUT2D eigenvalue weighted by Gasteiger charge is 2.24. The molecule has 0 aromatic heterocycles. The molecule has 0 spiro atoms. The second-order valence-corrected chi connectivity index (χ2v) is 5.08. The summed E-state index contributed by atoms with van der Waals surface area (Å²) in [5.41, 5.74) is 0.460. The van der Waals surface area contributed by atoms with Crippen molar-refractivity contribution in [2.24, 2.45) is 5.92 Å². The quantitative estimate of drug-likeness (QED) is 0.718. The number of benzene rings is 1. The molecule has 0 aliphatic rings. The van der Waals surface area contributed by atoms with E-state index in [4.69, 9.17) is 4.74 Å². The van der Waals surface area contributed by atoms with Crippen LogP contribution in [0.25, 0.3) is 0 Å². The first kappa shape index (κ1) is 16.7. The Hall–Kier alpha value is -1.39. The van der Waals surface area contributed by atoms with Gasteiger partial charge in [0.05, 0.1) is 17.8 Å². The van der Waals surface area contributed by atoms with Gasteiger partial charge in [0, 0.05) is 5.92 Å². The van der Waals surface area contributed by atoms with Gasteiger partial charge in [-0.3, -0.25) is 0 Å². The first-order chi connectivity index (χ1) is 9.56. The van der Waals surface area contributed by atoms with Gasteiger partial charge in [-0.2, -0.15) is 0 Å². The third-order valence-electron chi connectivity index (χ3n) is 3.40. The predicted molar refractivity (Wildman–Crippen MR) is 77.4 cm³/mol. The normalized spacial score (nSPS) is 15.4. The Balaban J connectivity index is 2.48. The van der Waals surface area contributed by atoms with Gasteiger partial charge in [0.25, 0.3) is 0 Å². The Morgan fingerprint density at radius 3 is 2.45 bits per heavy atom. The van der Waals surface area contributed by atoms with Crippen LogP contribution in [-0.4, -0.2) is 35.0 Å². The lowest BCUT2D eigenvalue weighted by molar-refractivity contribution is -0.0265. The fraction of sp³-hybridized carbons (Fsp3) is 0.562. The summed E-state index contributed by atoms with van der Waals surface area (Å²) in [7, 11) is 0. The summed E-state index contributed by atoms with van der Waals surface area (Å²) in [5, 5.41) is 19.8. The molecule has 1 aromatic carbocycles.